The molecule has 0 bridgehead atoms. The molecule has 0 radical (unpaired) electrons. The summed E-state index contributed by atoms with van der Waals surface area (Å²) in [6.45, 7) is 3.28. The van der Waals surface area contributed by atoms with Crippen molar-refractivity contribution in [2.75, 3.05) is 19.6 Å². The Hall–Kier alpha value is -1.07. The van der Waals surface area contributed by atoms with E-state index in [4.69, 9.17) is 16.1 Å². The Labute approximate surface area is 136 Å². The average molecular weight is 326 g/mol. The highest BCUT2D eigenvalue weighted by Crippen LogP contribution is 2.30. The fourth-order valence-electron chi connectivity index (χ4n) is 3.79. The third-order valence-electron chi connectivity index (χ3n) is 4.92. The lowest BCUT2D eigenvalue weighted by molar-refractivity contribution is -0.121. The van der Waals surface area contributed by atoms with Crippen LogP contribution in [0.5, 0.6) is 0 Å². The van der Waals surface area contributed by atoms with Gasteiger partial charge in [-0.05, 0) is 44.7 Å². The van der Waals surface area contributed by atoms with E-state index < -0.39 is 0 Å². The molecule has 0 spiro atoms. The number of piperidine rings is 2. The maximum Gasteiger partial charge on any atom is 0.220 e. The van der Waals surface area contributed by atoms with Crippen LogP contribution in [-0.4, -0.2) is 41.6 Å². The maximum absolute atomic E-state index is 12.0. The first kappa shape index (κ1) is 15.8. The van der Waals surface area contributed by atoms with Gasteiger partial charge in [-0.3, -0.25) is 4.79 Å². The predicted octanol–water partition coefficient (Wildman–Crippen LogP) is 2.64. The normalized spacial score (nSPS) is 25.7. The minimum atomic E-state index is 0.0838. The number of amides is 1. The average Bonchev–Trinajstić information content (AvgIpc) is 2.96. The number of aromatic nitrogens is 1. The minimum absolute atomic E-state index is 0.0838. The lowest BCUT2D eigenvalue weighted by atomic mass is 9.83. The number of halogens is 1. The summed E-state index contributed by atoms with van der Waals surface area (Å²) in [5, 5.41) is 7.06. The molecular formula is C16H24ClN3O2. The summed E-state index contributed by atoms with van der Waals surface area (Å²) in [5.74, 6) is 1.36. The fourth-order valence-corrected chi connectivity index (χ4v) is 3.95. The van der Waals surface area contributed by atoms with Crippen molar-refractivity contribution in [3.05, 3.63) is 17.0 Å². The predicted molar refractivity (Wildman–Crippen MR) is 84.8 cm³/mol. The molecule has 5 nitrogen and oxygen atoms in total. The summed E-state index contributed by atoms with van der Waals surface area (Å²) in [6, 6.07) is 2.34. The quantitative estimate of drug-likeness (QED) is 0.904. The van der Waals surface area contributed by atoms with Crippen molar-refractivity contribution >= 4 is 17.5 Å². The van der Waals surface area contributed by atoms with E-state index in [-0.39, 0.29) is 5.91 Å². The maximum atomic E-state index is 12.0. The van der Waals surface area contributed by atoms with E-state index in [1.807, 2.05) is 0 Å². The van der Waals surface area contributed by atoms with Crippen molar-refractivity contribution in [3.8, 4) is 0 Å². The number of rotatable bonds is 5. The third kappa shape index (κ3) is 4.02. The first-order valence-electron chi connectivity index (χ1n) is 8.34. The molecule has 1 aromatic rings. The molecular weight excluding hydrogens is 302 g/mol. The van der Waals surface area contributed by atoms with Crippen LogP contribution in [0, 0.1) is 5.92 Å². The van der Waals surface area contributed by atoms with Gasteiger partial charge < -0.3 is 14.7 Å². The smallest absolute Gasteiger partial charge is 0.220 e. The number of hydrogen-bond donors (Lipinski definition) is 1. The molecule has 2 atom stereocenters. The highest BCUT2D eigenvalue weighted by Gasteiger charge is 2.32. The van der Waals surface area contributed by atoms with Crippen LogP contribution in [0.2, 0.25) is 5.15 Å². The van der Waals surface area contributed by atoms with Crippen LogP contribution < -0.4 is 5.32 Å². The number of carbonyl (C=O) groups is 1. The molecule has 22 heavy (non-hydrogen) atoms. The fraction of sp³-hybridized carbons (Fsp3) is 0.750. The van der Waals surface area contributed by atoms with Gasteiger partial charge in [-0.25, -0.2) is 0 Å². The van der Waals surface area contributed by atoms with E-state index in [2.05, 4.69) is 15.4 Å². The largest absolute Gasteiger partial charge is 0.360 e. The first-order valence-corrected chi connectivity index (χ1v) is 8.72. The van der Waals surface area contributed by atoms with Gasteiger partial charge in [0.25, 0.3) is 0 Å². The Balaban J connectivity index is 1.42. The van der Waals surface area contributed by atoms with E-state index in [9.17, 15) is 4.79 Å². The van der Waals surface area contributed by atoms with Gasteiger partial charge in [0.05, 0.1) is 0 Å². The Morgan fingerprint density at radius 3 is 3.05 bits per heavy atom. The Kier molecular flexibility index (Phi) is 5.37. The van der Waals surface area contributed by atoms with Crippen LogP contribution in [0.3, 0.4) is 0 Å². The molecule has 1 aromatic heterocycles. The minimum Gasteiger partial charge on any atom is -0.360 e. The van der Waals surface area contributed by atoms with Crippen LogP contribution in [0.25, 0.3) is 0 Å². The van der Waals surface area contributed by atoms with Crippen LogP contribution in [-0.2, 0) is 11.2 Å². The van der Waals surface area contributed by atoms with E-state index >= 15 is 0 Å². The molecule has 0 saturated carbocycles. The molecule has 0 unspecified atom stereocenters. The molecule has 2 fully saturated rings. The van der Waals surface area contributed by atoms with Crippen molar-refractivity contribution in [1.29, 1.82) is 0 Å². The van der Waals surface area contributed by atoms with Crippen LogP contribution in [0.15, 0.2) is 10.6 Å². The topological polar surface area (TPSA) is 58.4 Å². The van der Waals surface area contributed by atoms with Crippen LogP contribution in [0.1, 0.15) is 44.3 Å². The van der Waals surface area contributed by atoms with Gasteiger partial charge in [-0.15, -0.1) is 0 Å². The van der Waals surface area contributed by atoms with Gasteiger partial charge in [-0.1, -0.05) is 23.2 Å². The second kappa shape index (κ2) is 7.47. The molecule has 0 aliphatic carbocycles. The van der Waals surface area contributed by atoms with E-state index in [1.165, 1.54) is 45.2 Å². The van der Waals surface area contributed by atoms with Gasteiger partial charge in [0, 0.05) is 31.5 Å². The SMILES string of the molecule is O=C(CCc1cc(Cl)no1)NC[C@H]1CCCN2CCCC[C@@H]12. The lowest BCUT2D eigenvalue weighted by Crippen LogP contribution is -2.51. The van der Waals surface area contributed by atoms with Gasteiger partial charge in [-0.2, -0.15) is 0 Å². The van der Waals surface area contributed by atoms with Gasteiger partial charge in [0.2, 0.25) is 5.91 Å². The summed E-state index contributed by atoms with van der Waals surface area (Å²) in [4.78, 5) is 14.6. The summed E-state index contributed by atoms with van der Waals surface area (Å²) in [5.41, 5.74) is 0. The molecule has 122 valence electrons. The van der Waals surface area contributed by atoms with Gasteiger partial charge in [0.15, 0.2) is 5.15 Å². The Morgan fingerprint density at radius 1 is 1.36 bits per heavy atom. The van der Waals surface area contributed by atoms with Crippen molar-refractivity contribution < 1.29 is 9.32 Å². The van der Waals surface area contributed by atoms with Gasteiger partial charge in [0.1, 0.15) is 5.76 Å². The second-order valence-corrected chi connectivity index (χ2v) is 6.81. The molecule has 0 aromatic carbocycles. The number of aryl methyl sites for hydroxylation is 1. The highest BCUT2D eigenvalue weighted by atomic mass is 35.5. The monoisotopic (exact) mass is 325 g/mol. The van der Waals surface area contributed by atoms with Crippen LogP contribution >= 0.6 is 11.6 Å². The summed E-state index contributed by atoms with van der Waals surface area (Å²) in [7, 11) is 0. The number of carbonyl (C=O) groups excluding carboxylic acids is 1. The molecule has 1 N–H and O–H groups in total. The van der Waals surface area contributed by atoms with Crippen molar-refractivity contribution in [1.82, 2.24) is 15.4 Å². The molecule has 3 rings (SSSR count). The zero-order chi connectivity index (χ0) is 15.4. The molecule has 2 aliphatic heterocycles. The molecule has 6 heteroatoms. The van der Waals surface area contributed by atoms with E-state index in [1.54, 1.807) is 6.07 Å². The van der Waals surface area contributed by atoms with Crippen molar-refractivity contribution in [2.45, 2.75) is 51.0 Å². The molecule has 3 heterocycles. The van der Waals surface area contributed by atoms with E-state index in [0.29, 0.717) is 35.7 Å². The molecule has 1 amide bonds. The number of fused-ring (bicyclic) bond motifs is 1. The summed E-state index contributed by atoms with van der Waals surface area (Å²) in [6.07, 6.45) is 7.41. The Bertz CT molecular complexity index is 503. The lowest BCUT2D eigenvalue weighted by Gasteiger charge is -2.44. The second-order valence-electron chi connectivity index (χ2n) is 6.42. The highest BCUT2D eigenvalue weighted by molar-refractivity contribution is 6.29. The van der Waals surface area contributed by atoms with Crippen molar-refractivity contribution in [2.24, 2.45) is 5.92 Å². The van der Waals surface area contributed by atoms with Gasteiger partial charge >= 0.3 is 0 Å². The summed E-state index contributed by atoms with van der Waals surface area (Å²) < 4.78 is 5.01. The number of nitrogens with zero attached hydrogens (tertiary/aromatic N) is 2. The first-order chi connectivity index (χ1) is 10.7. The van der Waals surface area contributed by atoms with E-state index in [0.717, 1.165) is 6.54 Å². The van der Waals surface area contributed by atoms with Crippen molar-refractivity contribution in [3.63, 3.8) is 0 Å². The third-order valence-corrected chi connectivity index (χ3v) is 5.10. The van der Waals surface area contributed by atoms with Crippen LogP contribution in [0.4, 0.5) is 0 Å². The zero-order valence-electron chi connectivity index (χ0n) is 12.9. The summed E-state index contributed by atoms with van der Waals surface area (Å²) >= 11 is 5.69. The molecule has 2 aliphatic rings. The number of nitrogens with one attached hydrogen (secondary N) is 1. The standard InChI is InChI=1S/C16H24ClN3O2/c17-15-10-13(22-19-15)6-7-16(21)18-11-12-4-3-9-20-8-2-1-5-14(12)20/h10,12,14H,1-9,11H2,(H,18,21)/t12-,14+/m1/s1. The molecule has 2 saturated heterocycles. The Morgan fingerprint density at radius 2 is 2.23 bits per heavy atom. The number of hydrogen-bond acceptors (Lipinski definition) is 4. The zero-order valence-corrected chi connectivity index (χ0v) is 13.6.